The van der Waals surface area contributed by atoms with Gasteiger partial charge in [0.05, 0.1) is 0 Å². The van der Waals surface area contributed by atoms with Crippen LogP contribution in [0, 0.1) is 0 Å². The third kappa shape index (κ3) is 3.07. The molecule has 3 rings (SSSR count). The molecule has 0 N–H and O–H groups in total. The van der Waals surface area contributed by atoms with Crippen LogP contribution in [0.3, 0.4) is 0 Å². The Morgan fingerprint density at radius 3 is 1.77 bits per heavy atom. The maximum atomic E-state index is 6.45. The zero-order chi connectivity index (χ0) is 15.5. The number of rotatable bonds is 4. The standard InChI is InChI=1S/C18H15ClO2Se/c1-20-14-7-3-12(4-8-14)17-11-16(19)18(22-17)13-5-9-15(21-2)10-6-13/h3-11H,1-2H3. The first-order valence-corrected chi connectivity index (χ1v) is 8.88. The molecule has 4 heteroatoms. The molecule has 0 aliphatic heterocycles. The van der Waals surface area contributed by atoms with Gasteiger partial charge in [-0.3, -0.25) is 0 Å². The monoisotopic (exact) mass is 378 g/mol. The Hall–Kier alpha value is -1.67. The molecule has 0 radical (unpaired) electrons. The summed E-state index contributed by atoms with van der Waals surface area (Å²) in [5.41, 5.74) is 2.35. The van der Waals surface area contributed by atoms with Gasteiger partial charge in [0.2, 0.25) is 0 Å². The van der Waals surface area contributed by atoms with E-state index in [9.17, 15) is 0 Å². The number of halogens is 1. The first kappa shape index (κ1) is 15.2. The normalized spacial score (nSPS) is 10.5. The van der Waals surface area contributed by atoms with Gasteiger partial charge in [-0.1, -0.05) is 0 Å². The second-order valence-electron chi connectivity index (χ2n) is 4.74. The van der Waals surface area contributed by atoms with Crippen LogP contribution in [0.4, 0.5) is 0 Å². The fraction of sp³-hybridized carbons (Fsp3) is 0.111. The molecule has 22 heavy (non-hydrogen) atoms. The van der Waals surface area contributed by atoms with Crippen molar-refractivity contribution in [3.05, 3.63) is 59.6 Å². The van der Waals surface area contributed by atoms with E-state index in [2.05, 4.69) is 30.3 Å². The molecule has 112 valence electrons. The summed E-state index contributed by atoms with van der Waals surface area (Å²) >= 11 is 6.65. The van der Waals surface area contributed by atoms with E-state index in [-0.39, 0.29) is 14.5 Å². The van der Waals surface area contributed by atoms with E-state index >= 15 is 0 Å². The van der Waals surface area contributed by atoms with Crippen molar-refractivity contribution in [2.75, 3.05) is 14.2 Å². The van der Waals surface area contributed by atoms with E-state index in [1.807, 2.05) is 24.3 Å². The SMILES string of the molecule is COc1ccc(-c2cc(Cl)c(-c3ccc(OC)cc3)[se]2)cc1. The predicted molar refractivity (Wildman–Crippen MR) is 92.4 cm³/mol. The van der Waals surface area contributed by atoms with E-state index in [0.717, 1.165) is 22.1 Å². The Balaban J connectivity index is 1.95. The summed E-state index contributed by atoms with van der Waals surface area (Å²) in [6, 6.07) is 18.2. The molecule has 0 saturated heterocycles. The van der Waals surface area contributed by atoms with Crippen molar-refractivity contribution in [2.24, 2.45) is 0 Å². The Bertz CT molecular complexity index is 761. The van der Waals surface area contributed by atoms with Crippen LogP contribution in [-0.2, 0) is 0 Å². The van der Waals surface area contributed by atoms with E-state index in [0.29, 0.717) is 0 Å². The third-order valence-electron chi connectivity index (χ3n) is 3.41. The molecule has 1 aromatic heterocycles. The summed E-state index contributed by atoms with van der Waals surface area (Å²) in [6.07, 6.45) is 0. The van der Waals surface area contributed by atoms with Crippen molar-refractivity contribution in [3.63, 3.8) is 0 Å². The van der Waals surface area contributed by atoms with Gasteiger partial charge in [0.25, 0.3) is 0 Å². The average Bonchev–Trinajstić information content (AvgIpc) is 2.97. The summed E-state index contributed by atoms with van der Waals surface area (Å²) in [4.78, 5) is 0. The number of hydrogen-bond acceptors (Lipinski definition) is 2. The van der Waals surface area contributed by atoms with Crippen LogP contribution in [0.2, 0.25) is 5.02 Å². The molecule has 0 bridgehead atoms. The van der Waals surface area contributed by atoms with Crippen LogP contribution in [0.5, 0.6) is 11.5 Å². The van der Waals surface area contributed by atoms with Crippen molar-refractivity contribution in [2.45, 2.75) is 0 Å². The molecule has 2 aromatic carbocycles. The Morgan fingerprint density at radius 2 is 1.27 bits per heavy atom. The van der Waals surface area contributed by atoms with Crippen LogP contribution in [0.1, 0.15) is 0 Å². The molecule has 0 atom stereocenters. The minimum atomic E-state index is 0.195. The summed E-state index contributed by atoms with van der Waals surface area (Å²) in [7, 11) is 3.35. The van der Waals surface area contributed by atoms with E-state index < -0.39 is 0 Å². The van der Waals surface area contributed by atoms with Crippen LogP contribution < -0.4 is 9.47 Å². The quantitative estimate of drug-likeness (QED) is 0.611. The number of hydrogen-bond donors (Lipinski definition) is 0. The van der Waals surface area contributed by atoms with Crippen molar-refractivity contribution >= 4 is 26.1 Å². The fourth-order valence-corrected chi connectivity index (χ4v) is 5.00. The van der Waals surface area contributed by atoms with Gasteiger partial charge in [-0.2, -0.15) is 0 Å². The Morgan fingerprint density at radius 1 is 0.773 bits per heavy atom. The first-order chi connectivity index (χ1) is 10.7. The molecule has 0 spiro atoms. The van der Waals surface area contributed by atoms with Crippen LogP contribution in [0.15, 0.2) is 54.6 Å². The number of ether oxygens (including phenoxy) is 2. The second kappa shape index (κ2) is 6.62. The van der Waals surface area contributed by atoms with Gasteiger partial charge in [-0.05, 0) is 0 Å². The fourth-order valence-electron chi connectivity index (χ4n) is 2.21. The van der Waals surface area contributed by atoms with Gasteiger partial charge in [0.1, 0.15) is 0 Å². The van der Waals surface area contributed by atoms with Crippen molar-refractivity contribution in [1.82, 2.24) is 0 Å². The molecule has 2 nitrogen and oxygen atoms in total. The van der Waals surface area contributed by atoms with Gasteiger partial charge >= 0.3 is 141 Å². The second-order valence-corrected chi connectivity index (χ2v) is 7.36. The van der Waals surface area contributed by atoms with Gasteiger partial charge < -0.3 is 0 Å². The summed E-state index contributed by atoms with van der Waals surface area (Å²) in [6.45, 7) is 0. The van der Waals surface area contributed by atoms with E-state index in [4.69, 9.17) is 21.1 Å². The Labute approximate surface area is 141 Å². The molecular formula is C18H15ClO2Se. The molecule has 0 saturated carbocycles. The summed E-state index contributed by atoms with van der Waals surface area (Å²) in [5.74, 6) is 1.72. The molecule has 0 aliphatic rings. The van der Waals surface area contributed by atoms with Gasteiger partial charge in [0, 0.05) is 0 Å². The molecule has 0 amide bonds. The molecule has 0 fully saturated rings. The van der Waals surface area contributed by atoms with Crippen molar-refractivity contribution in [3.8, 4) is 31.5 Å². The van der Waals surface area contributed by atoms with Gasteiger partial charge in [-0.25, -0.2) is 0 Å². The Kier molecular flexibility index (Phi) is 4.58. The van der Waals surface area contributed by atoms with Crippen molar-refractivity contribution in [1.29, 1.82) is 0 Å². The number of benzene rings is 2. The minimum absolute atomic E-state index is 0.195. The van der Waals surface area contributed by atoms with Crippen molar-refractivity contribution < 1.29 is 9.47 Å². The molecule has 1 heterocycles. The van der Waals surface area contributed by atoms with Gasteiger partial charge in [0.15, 0.2) is 0 Å². The van der Waals surface area contributed by atoms with E-state index in [1.54, 1.807) is 14.2 Å². The zero-order valence-electron chi connectivity index (χ0n) is 12.3. The zero-order valence-corrected chi connectivity index (χ0v) is 14.8. The maximum absolute atomic E-state index is 6.45. The average molecular weight is 378 g/mol. The summed E-state index contributed by atoms with van der Waals surface area (Å²) in [5, 5.41) is 0.830. The van der Waals surface area contributed by atoms with Gasteiger partial charge in [-0.15, -0.1) is 0 Å². The van der Waals surface area contributed by atoms with Crippen LogP contribution in [0.25, 0.3) is 20.0 Å². The van der Waals surface area contributed by atoms with Crippen LogP contribution >= 0.6 is 11.6 Å². The van der Waals surface area contributed by atoms with E-state index in [1.165, 1.54) is 14.4 Å². The molecule has 0 unspecified atom stereocenters. The molecular weight excluding hydrogens is 363 g/mol. The predicted octanol–water partition coefficient (Wildman–Crippen LogP) is 4.75. The molecule has 3 aromatic rings. The summed E-state index contributed by atoms with van der Waals surface area (Å²) < 4.78 is 12.9. The van der Waals surface area contributed by atoms with Crippen LogP contribution in [-0.4, -0.2) is 28.7 Å². The number of methoxy groups -OCH3 is 2. The molecule has 0 aliphatic carbocycles. The first-order valence-electron chi connectivity index (χ1n) is 6.79. The topological polar surface area (TPSA) is 18.5 Å². The third-order valence-corrected chi connectivity index (χ3v) is 6.55.